The molecule has 0 fully saturated rings. The molecule has 0 aromatic heterocycles. The van der Waals surface area contributed by atoms with Gasteiger partial charge in [-0.05, 0) is 49.4 Å². The molecule has 0 atom stereocenters. The molecule has 5 heteroatoms. The molecule has 1 amide bonds. The van der Waals surface area contributed by atoms with Gasteiger partial charge in [-0.1, -0.05) is 35.9 Å². The zero-order chi connectivity index (χ0) is 18.9. The smallest absolute Gasteiger partial charge is 0.335 e. The number of ether oxygens (including phenoxy) is 1. The van der Waals surface area contributed by atoms with Gasteiger partial charge in [0.1, 0.15) is 5.75 Å². The van der Waals surface area contributed by atoms with Crippen molar-refractivity contribution in [2.24, 2.45) is 0 Å². The van der Waals surface area contributed by atoms with Crippen LogP contribution in [-0.4, -0.2) is 30.6 Å². The second-order valence-corrected chi connectivity index (χ2v) is 6.27. The Bertz CT molecular complexity index is 753. The van der Waals surface area contributed by atoms with Gasteiger partial charge in [0.05, 0.1) is 12.7 Å². The molecule has 2 aromatic rings. The Hall–Kier alpha value is -2.82. The first-order valence-electron chi connectivity index (χ1n) is 8.72. The van der Waals surface area contributed by atoms with Crippen LogP contribution in [0.2, 0.25) is 0 Å². The molecule has 26 heavy (non-hydrogen) atoms. The topological polar surface area (TPSA) is 75.6 Å². The van der Waals surface area contributed by atoms with Gasteiger partial charge < -0.3 is 15.2 Å². The monoisotopic (exact) mass is 355 g/mol. The summed E-state index contributed by atoms with van der Waals surface area (Å²) in [5.41, 5.74) is 3.54. The molecule has 0 spiro atoms. The number of carboxylic acid groups (broad SMARTS) is 1. The summed E-state index contributed by atoms with van der Waals surface area (Å²) in [6, 6.07) is 13.1. The molecule has 0 radical (unpaired) electrons. The van der Waals surface area contributed by atoms with Gasteiger partial charge in [0.15, 0.2) is 0 Å². The second-order valence-electron chi connectivity index (χ2n) is 6.27. The number of nitrogens with one attached hydrogen (secondary N) is 1. The van der Waals surface area contributed by atoms with E-state index in [1.165, 1.54) is 24.3 Å². The Labute approximate surface area is 154 Å². The fourth-order valence-electron chi connectivity index (χ4n) is 2.72. The van der Waals surface area contributed by atoms with Crippen molar-refractivity contribution in [2.75, 3.05) is 13.7 Å². The van der Waals surface area contributed by atoms with Crippen molar-refractivity contribution in [3.05, 3.63) is 64.7 Å². The van der Waals surface area contributed by atoms with Crippen LogP contribution in [0.15, 0.2) is 42.5 Å². The first kappa shape index (κ1) is 19.5. The van der Waals surface area contributed by atoms with Crippen LogP contribution in [0.4, 0.5) is 0 Å². The summed E-state index contributed by atoms with van der Waals surface area (Å²) >= 11 is 0. The van der Waals surface area contributed by atoms with Gasteiger partial charge in [0.2, 0.25) is 5.91 Å². The zero-order valence-corrected chi connectivity index (χ0v) is 15.2. The highest BCUT2D eigenvalue weighted by Crippen LogP contribution is 2.20. The van der Waals surface area contributed by atoms with Crippen molar-refractivity contribution >= 4 is 11.9 Å². The molecular weight excluding hydrogens is 330 g/mol. The molecule has 0 saturated carbocycles. The number of carbonyl (C=O) groups excluding carboxylic acids is 1. The Morgan fingerprint density at radius 1 is 1.08 bits per heavy atom. The van der Waals surface area contributed by atoms with Crippen LogP contribution >= 0.6 is 0 Å². The quantitative estimate of drug-likeness (QED) is 0.723. The fraction of sp³-hybridized carbons (Fsp3) is 0.333. The summed E-state index contributed by atoms with van der Waals surface area (Å²) in [4.78, 5) is 22.9. The van der Waals surface area contributed by atoms with Crippen molar-refractivity contribution in [1.29, 1.82) is 0 Å². The van der Waals surface area contributed by atoms with Crippen molar-refractivity contribution < 1.29 is 19.4 Å². The molecule has 2 N–H and O–H groups in total. The number of amides is 1. The standard InChI is InChI=1S/C21H25NO4/c1-15-6-8-16(9-7-15)4-3-5-20(23)22-13-12-17-10-11-18(21(24)25)14-19(17)26-2/h6-11,14H,3-5,12-13H2,1-2H3,(H,22,23)(H,24,25). The minimum atomic E-state index is -0.989. The molecule has 0 aliphatic carbocycles. The number of carbonyl (C=O) groups is 2. The first-order chi connectivity index (χ1) is 12.5. The summed E-state index contributed by atoms with van der Waals surface area (Å²) in [6.07, 6.45) is 2.78. The van der Waals surface area contributed by atoms with Gasteiger partial charge in [0.25, 0.3) is 0 Å². The zero-order valence-electron chi connectivity index (χ0n) is 15.2. The van der Waals surface area contributed by atoms with Crippen LogP contribution in [0.5, 0.6) is 5.75 Å². The normalized spacial score (nSPS) is 10.4. The minimum absolute atomic E-state index is 0.0261. The van der Waals surface area contributed by atoms with Crippen molar-refractivity contribution in [2.45, 2.75) is 32.6 Å². The minimum Gasteiger partial charge on any atom is -0.496 e. The predicted octanol–water partition coefficient (Wildman–Crippen LogP) is 3.38. The molecule has 0 heterocycles. The van der Waals surface area contributed by atoms with E-state index in [1.807, 2.05) is 0 Å². The van der Waals surface area contributed by atoms with Crippen LogP contribution in [-0.2, 0) is 17.6 Å². The number of rotatable bonds is 9. The van der Waals surface area contributed by atoms with Gasteiger partial charge in [-0.2, -0.15) is 0 Å². The third-order valence-electron chi connectivity index (χ3n) is 4.24. The van der Waals surface area contributed by atoms with E-state index in [-0.39, 0.29) is 11.5 Å². The van der Waals surface area contributed by atoms with Crippen molar-refractivity contribution in [1.82, 2.24) is 5.32 Å². The summed E-state index contributed by atoms with van der Waals surface area (Å²) < 4.78 is 5.24. The summed E-state index contributed by atoms with van der Waals surface area (Å²) in [7, 11) is 1.51. The van der Waals surface area contributed by atoms with Gasteiger partial charge in [-0.25, -0.2) is 4.79 Å². The molecule has 0 aliphatic rings. The van der Waals surface area contributed by atoms with Crippen LogP contribution in [0.3, 0.4) is 0 Å². The number of aryl methyl sites for hydroxylation is 2. The lowest BCUT2D eigenvalue weighted by Gasteiger charge is -2.10. The average molecular weight is 355 g/mol. The lowest BCUT2D eigenvalue weighted by atomic mass is 10.1. The van der Waals surface area contributed by atoms with Crippen LogP contribution in [0, 0.1) is 6.92 Å². The molecule has 138 valence electrons. The third-order valence-corrected chi connectivity index (χ3v) is 4.24. The van der Waals surface area contributed by atoms with Gasteiger partial charge in [0, 0.05) is 13.0 Å². The van der Waals surface area contributed by atoms with E-state index in [1.54, 1.807) is 12.1 Å². The van der Waals surface area contributed by atoms with Gasteiger partial charge in [-0.15, -0.1) is 0 Å². The maximum Gasteiger partial charge on any atom is 0.335 e. The highest BCUT2D eigenvalue weighted by molar-refractivity contribution is 5.88. The average Bonchev–Trinajstić information content (AvgIpc) is 2.63. The van der Waals surface area contributed by atoms with Gasteiger partial charge >= 0.3 is 5.97 Å². The summed E-state index contributed by atoms with van der Waals surface area (Å²) in [6.45, 7) is 2.55. The molecular formula is C21H25NO4. The molecule has 0 unspecified atom stereocenters. The van der Waals surface area contributed by atoms with E-state index >= 15 is 0 Å². The Balaban J connectivity index is 1.74. The molecule has 2 aromatic carbocycles. The van der Waals surface area contributed by atoms with E-state index < -0.39 is 5.97 Å². The van der Waals surface area contributed by atoms with Crippen LogP contribution in [0.1, 0.15) is 39.9 Å². The number of aromatic carboxylic acids is 1. The lowest BCUT2D eigenvalue weighted by Crippen LogP contribution is -2.25. The maximum absolute atomic E-state index is 12.0. The van der Waals surface area contributed by atoms with Crippen molar-refractivity contribution in [3.63, 3.8) is 0 Å². The largest absolute Gasteiger partial charge is 0.496 e. The van der Waals surface area contributed by atoms with E-state index in [0.717, 1.165) is 18.4 Å². The Morgan fingerprint density at radius 2 is 1.81 bits per heavy atom. The SMILES string of the molecule is COc1cc(C(=O)O)ccc1CCNC(=O)CCCc1ccc(C)cc1. The van der Waals surface area contributed by atoms with Crippen molar-refractivity contribution in [3.8, 4) is 5.75 Å². The number of hydrogen-bond acceptors (Lipinski definition) is 3. The summed E-state index contributed by atoms with van der Waals surface area (Å²) in [5.74, 6) is -0.437. The number of benzene rings is 2. The van der Waals surface area contributed by atoms with E-state index in [0.29, 0.717) is 25.1 Å². The predicted molar refractivity (Wildman–Crippen MR) is 101 cm³/mol. The van der Waals surface area contributed by atoms with E-state index in [9.17, 15) is 9.59 Å². The molecule has 0 saturated heterocycles. The first-order valence-corrected chi connectivity index (χ1v) is 8.72. The van der Waals surface area contributed by atoms with Crippen LogP contribution in [0.25, 0.3) is 0 Å². The maximum atomic E-state index is 12.0. The highest BCUT2D eigenvalue weighted by Gasteiger charge is 2.09. The van der Waals surface area contributed by atoms with Crippen LogP contribution < -0.4 is 10.1 Å². The number of methoxy groups -OCH3 is 1. The highest BCUT2D eigenvalue weighted by atomic mass is 16.5. The van der Waals surface area contributed by atoms with E-state index in [2.05, 4.69) is 36.5 Å². The lowest BCUT2D eigenvalue weighted by molar-refractivity contribution is -0.121. The molecule has 0 bridgehead atoms. The number of hydrogen-bond donors (Lipinski definition) is 2. The summed E-state index contributed by atoms with van der Waals surface area (Å²) in [5, 5.41) is 11.9. The van der Waals surface area contributed by atoms with Gasteiger partial charge in [-0.3, -0.25) is 4.79 Å². The molecule has 2 rings (SSSR count). The van der Waals surface area contributed by atoms with E-state index in [4.69, 9.17) is 9.84 Å². The second kappa shape index (κ2) is 9.61. The fourth-order valence-corrected chi connectivity index (χ4v) is 2.72. The Morgan fingerprint density at radius 3 is 2.46 bits per heavy atom. The third kappa shape index (κ3) is 5.92. The molecule has 5 nitrogen and oxygen atoms in total. The number of carboxylic acids is 1. The molecule has 0 aliphatic heterocycles. The Kier molecular flexibility index (Phi) is 7.21.